The van der Waals surface area contributed by atoms with Crippen molar-refractivity contribution in [2.24, 2.45) is 5.92 Å². The second-order valence-corrected chi connectivity index (χ2v) is 5.61. The molecule has 2 heterocycles. The quantitative estimate of drug-likeness (QED) is 0.857. The number of hydrogen-bond donors (Lipinski definition) is 2. The molecule has 0 saturated carbocycles. The van der Waals surface area contributed by atoms with Gasteiger partial charge in [0.25, 0.3) is 11.5 Å². The summed E-state index contributed by atoms with van der Waals surface area (Å²) >= 11 is 0. The molecule has 0 aliphatic rings. The van der Waals surface area contributed by atoms with Crippen LogP contribution in [0.5, 0.6) is 0 Å². The summed E-state index contributed by atoms with van der Waals surface area (Å²) in [5.41, 5.74) is -0.404. The molecule has 0 aliphatic heterocycles. The number of nitrogens with one attached hydrogen (secondary N) is 2. The molecule has 0 bridgehead atoms. The van der Waals surface area contributed by atoms with Gasteiger partial charge in [-0.15, -0.1) is 0 Å². The fraction of sp³-hybridized carbons (Fsp3) is 0.467. The molecular weight excluding hydrogens is 284 g/mol. The van der Waals surface area contributed by atoms with Gasteiger partial charge in [0, 0.05) is 19.3 Å². The van der Waals surface area contributed by atoms with Gasteiger partial charge in [0.2, 0.25) is 0 Å². The van der Waals surface area contributed by atoms with Crippen molar-refractivity contribution < 1.29 is 4.79 Å². The molecule has 0 aromatic carbocycles. The average Bonchev–Trinajstić information content (AvgIpc) is 2.48. The van der Waals surface area contributed by atoms with E-state index in [9.17, 15) is 14.4 Å². The van der Waals surface area contributed by atoms with Crippen molar-refractivity contribution in [1.29, 1.82) is 0 Å². The predicted molar refractivity (Wildman–Crippen MR) is 84.1 cm³/mol. The molecule has 2 rings (SSSR count). The Kier molecular flexibility index (Phi) is 4.75. The highest BCUT2D eigenvalue weighted by molar-refractivity contribution is 5.96. The lowest BCUT2D eigenvalue weighted by molar-refractivity contribution is 0.0949. The van der Waals surface area contributed by atoms with Gasteiger partial charge in [0.1, 0.15) is 5.65 Å². The lowest BCUT2D eigenvalue weighted by atomic mass is 10.2. The summed E-state index contributed by atoms with van der Waals surface area (Å²) in [6, 6.07) is 1.47. The molecule has 1 amide bonds. The first-order valence-corrected chi connectivity index (χ1v) is 7.35. The lowest BCUT2D eigenvalue weighted by Gasteiger charge is -2.10. The van der Waals surface area contributed by atoms with Crippen molar-refractivity contribution >= 4 is 16.9 Å². The van der Waals surface area contributed by atoms with Crippen molar-refractivity contribution in [1.82, 2.24) is 19.9 Å². The Morgan fingerprint density at radius 2 is 2.14 bits per heavy atom. The van der Waals surface area contributed by atoms with Crippen LogP contribution >= 0.6 is 0 Å². The van der Waals surface area contributed by atoms with Crippen LogP contribution in [0.3, 0.4) is 0 Å². The minimum absolute atomic E-state index is 0.241. The number of hydrogen-bond acceptors (Lipinski definition) is 4. The van der Waals surface area contributed by atoms with Crippen LogP contribution in [0.2, 0.25) is 0 Å². The SMILES string of the molecule is CCCn1c(=O)[nH]c(=O)c2cc(C(=O)NCC(C)C)cnc21. The number of aromatic nitrogens is 3. The third-order valence-electron chi connectivity index (χ3n) is 3.21. The Bertz CT molecular complexity index is 805. The van der Waals surface area contributed by atoms with Crippen molar-refractivity contribution in [2.75, 3.05) is 6.54 Å². The zero-order valence-electron chi connectivity index (χ0n) is 13.0. The van der Waals surface area contributed by atoms with Gasteiger partial charge >= 0.3 is 5.69 Å². The Morgan fingerprint density at radius 1 is 1.41 bits per heavy atom. The number of H-pyrrole nitrogens is 1. The van der Waals surface area contributed by atoms with E-state index in [2.05, 4.69) is 15.3 Å². The molecular formula is C15H20N4O3. The number of nitrogens with zero attached hydrogens (tertiary/aromatic N) is 2. The highest BCUT2D eigenvalue weighted by Gasteiger charge is 2.12. The van der Waals surface area contributed by atoms with E-state index >= 15 is 0 Å². The number of pyridine rings is 1. The van der Waals surface area contributed by atoms with Crippen molar-refractivity contribution in [3.63, 3.8) is 0 Å². The fourth-order valence-electron chi connectivity index (χ4n) is 2.12. The summed E-state index contributed by atoms with van der Waals surface area (Å²) in [6.45, 7) is 6.91. The highest BCUT2D eigenvalue weighted by atomic mass is 16.2. The molecule has 0 saturated heterocycles. The molecule has 22 heavy (non-hydrogen) atoms. The smallest absolute Gasteiger partial charge is 0.329 e. The molecule has 0 radical (unpaired) electrons. The number of carbonyl (C=O) groups excluding carboxylic acids is 1. The fourth-order valence-corrected chi connectivity index (χ4v) is 2.12. The lowest BCUT2D eigenvalue weighted by Crippen LogP contribution is -2.32. The number of rotatable bonds is 5. The monoisotopic (exact) mass is 304 g/mol. The van der Waals surface area contributed by atoms with Gasteiger partial charge in [-0.05, 0) is 18.4 Å². The van der Waals surface area contributed by atoms with E-state index in [-0.39, 0.29) is 11.3 Å². The van der Waals surface area contributed by atoms with E-state index in [0.29, 0.717) is 30.2 Å². The Hall–Kier alpha value is -2.44. The first kappa shape index (κ1) is 15.9. The predicted octanol–water partition coefficient (Wildman–Crippen LogP) is 0.881. The van der Waals surface area contributed by atoms with E-state index in [1.807, 2.05) is 20.8 Å². The molecule has 0 atom stereocenters. The zero-order valence-corrected chi connectivity index (χ0v) is 13.0. The molecule has 0 aliphatic carbocycles. The van der Waals surface area contributed by atoms with E-state index in [1.165, 1.54) is 16.8 Å². The number of fused-ring (bicyclic) bond motifs is 1. The number of carbonyl (C=O) groups is 1. The van der Waals surface area contributed by atoms with E-state index in [4.69, 9.17) is 0 Å². The van der Waals surface area contributed by atoms with Gasteiger partial charge in [0.05, 0.1) is 10.9 Å². The van der Waals surface area contributed by atoms with Gasteiger partial charge in [-0.1, -0.05) is 20.8 Å². The van der Waals surface area contributed by atoms with E-state index in [0.717, 1.165) is 6.42 Å². The molecule has 2 aromatic rings. The summed E-state index contributed by atoms with van der Waals surface area (Å²) in [5.74, 6) is 0.0474. The maximum atomic E-state index is 12.0. The van der Waals surface area contributed by atoms with Crippen LogP contribution in [0.15, 0.2) is 21.9 Å². The minimum atomic E-state index is -0.529. The van der Waals surface area contributed by atoms with E-state index < -0.39 is 11.2 Å². The maximum absolute atomic E-state index is 12.0. The summed E-state index contributed by atoms with van der Waals surface area (Å²) in [5, 5.41) is 3.01. The maximum Gasteiger partial charge on any atom is 0.329 e. The number of aryl methyl sites for hydroxylation is 1. The van der Waals surface area contributed by atoms with Gasteiger partial charge in [-0.25, -0.2) is 9.78 Å². The molecule has 2 N–H and O–H groups in total. The summed E-state index contributed by atoms with van der Waals surface area (Å²) < 4.78 is 1.41. The summed E-state index contributed by atoms with van der Waals surface area (Å²) in [7, 11) is 0. The molecule has 0 unspecified atom stereocenters. The molecule has 0 spiro atoms. The van der Waals surface area contributed by atoms with Gasteiger partial charge < -0.3 is 5.32 Å². The Labute approximate surface area is 127 Å². The summed E-state index contributed by atoms with van der Waals surface area (Å²) in [4.78, 5) is 42.2. The molecule has 2 aromatic heterocycles. The molecule has 7 heteroatoms. The number of amides is 1. The average molecular weight is 304 g/mol. The second-order valence-electron chi connectivity index (χ2n) is 5.61. The first-order valence-electron chi connectivity index (χ1n) is 7.35. The minimum Gasteiger partial charge on any atom is -0.352 e. The van der Waals surface area contributed by atoms with Crippen molar-refractivity contribution in [2.45, 2.75) is 33.7 Å². The topological polar surface area (TPSA) is 96.9 Å². The normalized spacial score (nSPS) is 11.1. The van der Waals surface area contributed by atoms with Crippen LogP contribution in [0, 0.1) is 5.92 Å². The van der Waals surface area contributed by atoms with Gasteiger partial charge in [0.15, 0.2) is 0 Å². The number of aromatic amines is 1. The zero-order chi connectivity index (χ0) is 16.3. The summed E-state index contributed by atoms with van der Waals surface area (Å²) in [6.07, 6.45) is 2.13. The van der Waals surface area contributed by atoms with Crippen LogP contribution in [-0.2, 0) is 6.54 Å². The highest BCUT2D eigenvalue weighted by Crippen LogP contribution is 2.08. The van der Waals surface area contributed by atoms with Crippen LogP contribution in [0.4, 0.5) is 0 Å². The largest absolute Gasteiger partial charge is 0.352 e. The van der Waals surface area contributed by atoms with Crippen LogP contribution in [0.1, 0.15) is 37.6 Å². The van der Waals surface area contributed by atoms with Gasteiger partial charge in [-0.2, -0.15) is 0 Å². The van der Waals surface area contributed by atoms with Crippen LogP contribution in [-0.4, -0.2) is 27.0 Å². The van der Waals surface area contributed by atoms with Crippen molar-refractivity contribution in [3.8, 4) is 0 Å². The van der Waals surface area contributed by atoms with Crippen molar-refractivity contribution in [3.05, 3.63) is 38.7 Å². The Morgan fingerprint density at radius 3 is 2.77 bits per heavy atom. The second kappa shape index (κ2) is 6.55. The third kappa shape index (κ3) is 3.24. The molecule has 0 fully saturated rings. The first-order chi connectivity index (χ1) is 10.4. The van der Waals surface area contributed by atoms with Gasteiger partial charge in [-0.3, -0.25) is 19.1 Å². The Balaban J connectivity index is 2.49. The molecule has 7 nitrogen and oxygen atoms in total. The van der Waals surface area contributed by atoms with Crippen LogP contribution in [0.25, 0.3) is 11.0 Å². The standard InChI is InChI=1S/C15H20N4O3/c1-4-5-19-12-11(14(21)18-15(19)22)6-10(8-16-12)13(20)17-7-9(2)3/h6,8-9H,4-5,7H2,1-3H3,(H,17,20)(H,18,21,22). The van der Waals surface area contributed by atoms with Crippen LogP contribution < -0.4 is 16.6 Å². The third-order valence-corrected chi connectivity index (χ3v) is 3.21. The van der Waals surface area contributed by atoms with E-state index in [1.54, 1.807) is 0 Å². The molecule has 118 valence electrons.